The summed E-state index contributed by atoms with van der Waals surface area (Å²) in [6.45, 7) is 1.29. The molecule has 0 aliphatic carbocycles. The van der Waals surface area contributed by atoms with Crippen molar-refractivity contribution in [2.24, 2.45) is 0 Å². The van der Waals surface area contributed by atoms with Gasteiger partial charge < -0.3 is 15.7 Å². The molecule has 1 rings (SSSR count). The van der Waals surface area contributed by atoms with E-state index < -0.39 is 0 Å². The average Bonchev–Trinajstić information content (AvgIpc) is 2.34. The molecule has 0 saturated carbocycles. The zero-order chi connectivity index (χ0) is 6.53. The van der Waals surface area contributed by atoms with Crippen LogP contribution >= 0.6 is 8.69 Å². The van der Waals surface area contributed by atoms with Gasteiger partial charge >= 0.3 is 8.69 Å². The predicted molar refractivity (Wildman–Crippen MR) is 39.8 cm³/mol. The van der Waals surface area contributed by atoms with Crippen LogP contribution in [-0.4, -0.2) is 30.3 Å². The summed E-state index contributed by atoms with van der Waals surface area (Å²) in [5, 5.41) is 0. The maximum Gasteiger partial charge on any atom is 0.327 e. The Labute approximate surface area is 66.6 Å². The van der Waals surface area contributed by atoms with Gasteiger partial charge in [0, 0.05) is 6.61 Å². The highest BCUT2D eigenvalue weighted by molar-refractivity contribution is 7.17. The van der Waals surface area contributed by atoms with Crippen molar-refractivity contribution in [2.45, 2.75) is 18.9 Å². The molecule has 68 valence electrons. The lowest BCUT2D eigenvalue weighted by molar-refractivity contribution is 0.0723. The minimum Gasteiger partial charge on any atom is -0.412 e. The molecule has 5 nitrogen and oxygen atoms in total. The zero-order valence-electron chi connectivity index (χ0n) is 6.08. The lowest BCUT2D eigenvalue weighted by Crippen LogP contribution is -2.10. The standard InChI is InChI=1S/C5H9O3P.2H2O/c6-9-8-4-5-2-1-3-7-5;;/h5H,1-4H2;2*1H2. The minimum absolute atomic E-state index is 0. The second kappa shape index (κ2) is 8.04. The summed E-state index contributed by atoms with van der Waals surface area (Å²) in [6.07, 6.45) is 2.32. The van der Waals surface area contributed by atoms with Gasteiger partial charge in [0.1, 0.15) is 0 Å². The first-order valence-electron chi connectivity index (χ1n) is 2.99. The summed E-state index contributed by atoms with van der Waals surface area (Å²) < 4.78 is 19.6. The van der Waals surface area contributed by atoms with Crippen LogP contribution in [0.25, 0.3) is 0 Å². The van der Waals surface area contributed by atoms with Gasteiger partial charge in [-0.3, -0.25) is 4.52 Å². The summed E-state index contributed by atoms with van der Waals surface area (Å²) in [5.74, 6) is 0. The van der Waals surface area contributed by atoms with E-state index >= 15 is 0 Å². The number of hydrogen-bond donors (Lipinski definition) is 0. The fourth-order valence-corrected chi connectivity index (χ4v) is 1.12. The van der Waals surface area contributed by atoms with Gasteiger partial charge in [-0.15, -0.1) is 0 Å². The number of rotatable bonds is 3. The summed E-state index contributed by atoms with van der Waals surface area (Å²) >= 11 is 0. The van der Waals surface area contributed by atoms with E-state index in [9.17, 15) is 4.57 Å². The fraction of sp³-hybridized carbons (Fsp3) is 1.00. The molecule has 11 heavy (non-hydrogen) atoms. The van der Waals surface area contributed by atoms with E-state index in [0.717, 1.165) is 19.4 Å². The van der Waals surface area contributed by atoms with Gasteiger partial charge in [-0.2, -0.15) is 0 Å². The first-order chi connectivity index (χ1) is 4.43. The molecule has 0 aromatic carbocycles. The summed E-state index contributed by atoms with van der Waals surface area (Å²) in [5.41, 5.74) is 0. The number of ether oxygens (including phenoxy) is 1. The molecule has 0 spiro atoms. The summed E-state index contributed by atoms with van der Waals surface area (Å²) in [4.78, 5) is 0. The van der Waals surface area contributed by atoms with Crippen molar-refractivity contribution in [3.8, 4) is 0 Å². The monoisotopic (exact) mass is 184 g/mol. The Morgan fingerprint density at radius 1 is 1.55 bits per heavy atom. The maximum absolute atomic E-state index is 9.78. The van der Waals surface area contributed by atoms with E-state index in [1.807, 2.05) is 0 Å². The van der Waals surface area contributed by atoms with Crippen molar-refractivity contribution >= 4 is 8.69 Å². The molecule has 0 radical (unpaired) electrons. The van der Waals surface area contributed by atoms with Gasteiger partial charge in [0.05, 0.1) is 12.7 Å². The van der Waals surface area contributed by atoms with Gasteiger partial charge in [-0.05, 0) is 12.8 Å². The van der Waals surface area contributed by atoms with Gasteiger partial charge in [0.15, 0.2) is 0 Å². The van der Waals surface area contributed by atoms with Gasteiger partial charge in [-0.25, -0.2) is 4.57 Å². The van der Waals surface area contributed by atoms with Crippen LogP contribution in [0.1, 0.15) is 12.8 Å². The Kier molecular flexibility index (Phi) is 9.89. The Morgan fingerprint density at radius 3 is 2.73 bits per heavy atom. The summed E-state index contributed by atoms with van der Waals surface area (Å²) in [6, 6.07) is 0. The highest BCUT2D eigenvalue weighted by Gasteiger charge is 2.14. The van der Waals surface area contributed by atoms with E-state index in [1.165, 1.54) is 0 Å². The molecular formula is C5H13O5P. The zero-order valence-corrected chi connectivity index (χ0v) is 6.97. The Balaban J connectivity index is 0. The molecule has 0 aromatic heterocycles. The molecule has 1 atom stereocenters. The highest BCUT2D eigenvalue weighted by atomic mass is 31.1. The van der Waals surface area contributed by atoms with Gasteiger partial charge in [-0.1, -0.05) is 0 Å². The molecule has 1 saturated heterocycles. The van der Waals surface area contributed by atoms with Crippen LogP contribution < -0.4 is 0 Å². The molecule has 4 N–H and O–H groups in total. The molecule has 1 aliphatic rings. The Morgan fingerprint density at radius 2 is 2.27 bits per heavy atom. The van der Waals surface area contributed by atoms with Gasteiger partial charge in [0.25, 0.3) is 0 Å². The molecule has 1 heterocycles. The van der Waals surface area contributed by atoms with Gasteiger partial charge in [0.2, 0.25) is 0 Å². The van der Waals surface area contributed by atoms with Crippen molar-refractivity contribution in [1.82, 2.24) is 0 Å². The second-order valence-corrected chi connectivity index (χ2v) is 2.41. The third-order valence-corrected chi connectivity index (χ3v) is 1.59. The van der Waals surface area contributed by atoms with Crippen molar-refractivity contribution in [3.63, 3.8) is 0 Å². The van der Waals surface area contributed by atoms with Crippen molar-refractivity contribution < 1.29 is 24.8 Å². The third-order valence-electron chi connectivity index (χ3n) is 1.34. The van der Waals surface area contributed by atoms with E-state index in [1.54, 1.807) is 0 Å². The van der Waals surface area contributed by atoms with E-state index in [0.29, 0.717) is 6.61 Å². The Hall–Kier alpha value is -0.0600. The quantitative estimate of drug-likeness (QED) is 0.565. The SMILES string of the molecule is O.O.O=POCC1CCCO1. The summed E-state index contributed by atoms with van der Waals surface area (Å²) in [7, 11) is -0.244. The van der Waals surface area contributed by atoms with Crippen molar-refractivity contribution in [2.75, 3.05) is 13.2 Å². The van der Waals surface area contributed by atoms with Crippen LogP contribution in [0, 0.1) is 0 Å². The van der Waals surface area contributed by atoms with Crippen molar-refractivity contribution in [3.05, 3.63) is 0 Å². The molecule has 0 bridgehead atoms. The molecular weight excluding hydrogens is 171 g/mol. The van der Waals surface area contributed by atoms with E-state index in [-0.39, 0.29) is 25.7 Å². The van der Waals surface area contributed by atoms with Crippen LogP contribution in [0.5, 0.6) is 0 Å². The first-order valence-corrected chi connectivity index (χ1v) is 3.72. The predicted octanol–water partition coefficient (Wildman–Crippen LogP) is -0.261. The lowest BCUT2D eigenvalue weighted by atomic mass is 10.2. The first kappa shape index (κ1) is 13.5. The second-order valence-electron chi connectivity index (χ2n) is 2.01. The molecule has 1 unspecified atom stereocenters. The number of hydrogen-bond acceptors (Lipinski definition) is 3. The normalized spacial score (nSPS) is 22.4. The molecule has 1 fully saturated rings. The largest absolute Gasteiger partial charge is 0.412 e. The molecule has 1 aliphatic heterocycles. The third kappa shape index (κ3) is 5.24. The van der Waals surface area contributed by atoms with Crippen LogP contribution in [-0.2, 0) is 13.8 Å². The highest BCUT2D eigenvalue weighted by Crippen LogP contribution is 2.13. The average molecular weight is 184 g/mol. The minimum atomic E-state index is -0.244. The molecule has 0 aromatic rings. The lowest BCUT2D eigenvalue weighted by Gasteiger charge is -2.03. The van der Waals surface area contributed by atoms with Crippen molar-refractivity contribution in [1.29, 1.82) is 0 Å². The molecule has 6 heteroatoms. The van der Waals surface area contributed by atoms with Crippen LogP contribution in [0.2, 0.25) is 0 Å². The maximum atomic E-state index is 9.78. The fourth-order valence-electron chi connectivity index (χ4n) is 0.889. The Bertz CT molecular complexity index is 92.9. The van der Waals surface area contributed by atoms with E-state index in [2.05, 4.69) is 4.52 Å². The van der Waals surface area contributed by atoms with Crippen LogP contribution in [0.15, 0.2) is 0 Å². The van der Waals surface area contributed by atoms with Crippen LogP contribution in [0.3, 0.4) is 0 Å². The van der Waals surface area contributed by atoms with E-state index in [4.69, 9.17) is 4.74 Å². The smallest absolute Gasteiger partial charge is 0.327 e. The molecule has 0 amide bonds. The topological polar surface area (TPSA) is 98.5 Å². The van der Waals surface area contributed by atoms with Crippen LogP contribution in [0.4, 0.5) is 0 Å².